The number of carbonyl (C=O) groups excluding carboxylic acids is 1. The van der Waals surface area contributed by atoms with Crippen molar-refractivity contribution in [2.45, 2.75) is 6.42 Å². The van der Waals surface area contributed by atoms with Crippen molar-refractivity contribution in [2.75, 3.05) is 18.1 Å². The molecule has 0 saturated carbocycles. The van der Waals surface area contributed by atoms with Crippen molar-refractivity contribution in [3.63, 3.8) is 0 Å². The number of hydrogen-bond acceptors (Lipinski definition) is 2. The molecule has 0 atom stereocenters. The number of carbonyl (C=O) groups is 1. The molecule has 1 aliphatic rings. The summed E-state index contributed by atoms with van der Waals surface area (Å²) in [5, 5.41) is 0. The van der Waals surface area contributed by atoms with E-state index >= 15 is 0 Å². The Balaban J connectivity index is 2.01. The SMILES string of the molecule is O=C(c1cc(Br)cc(Br)c1)N1CCCOc2ccccc21. The van der Waals surface area contributed by atoms with Crippen LogP contribution in [0.4, 0.5) is 5.69 Å². The Morgan fingerprint density at radius 1 is 1.10 bits per heavy atom. The van der Waals surface area contributed by atoms with Crippen molar-refractivity contribution in [2.24, 2.45) is 0 Å². The number of amides is 1. The maximum atomic E-state index is 12.8. The number of fused-ring (bicyclic) bond motifs is 1. The molecule has 1 amide bonds. The molecule has 0 unspecified atom stereocenters. The summed E-state index contributed by atoms with van der Waals surface area (Å²) in [6, 6.07) is 13.2. The minimum atomic E-state index is -0.0186. The van der Waals surface area contributed by atoms with Crippen LogP contribution in [0.5, 0.6) is 5.75 Å². The van der Waals surface area contributed by atoms with Gasteiger partial charge in [0.1, 0.15) is 5.75 Å². The van der Waals surface area contributed by atoms with E-state index < -0.39 is 0 Å². The third-order valence-corrected chi connectivity index (χ3v) is 4.21. The fraction of sp³-hybridized carbons (Fsp3) is 0.188. The molecule has 3 rings (SSSR count). The third kappa shape index (κ3) is 3.14. The van der Waals surface area contributed by atoms with Crippen LogP contribution in [-0.2, 0) is 0 Å². The van der Waals surface area contributed by atoms with Gasteiger partial charge < -0.3 is 9.64 Å². The summed E-state index contributed by atoms with van der Waals surface area (Å²) in [5.74, 6) is 0.743. The molecule has 21 heavy (non-hydrogen) atoms. The first-order valence-corrected chi connectivity index (χ1v) is 8.23. The maximum Gasteiger partial charge on any atom is 0.258 e. The zero-order valence-electron chi connectivity index (χ0n) is 11.2. The first-order chi connectivity index (χ1) is 10.1. The van der Waals surface area contributed by atoms with Gasteiger partial charge in [-0.05, 0) is 36.8 Å². The van der Waals surface area contributed by atoms with Crippen LogP contribution in [-0.4, -0.2) is 19.1 Å². The Labute approximate surface area is 140 Å². The molecule has 0 N–H and O–H groups in total. The molecule has 5 heteroatoms. The number of ether oxygens (including phenoxy) is 1. The smallest absolute Gasteiger partial charge is 0.258 e. The predicted molar refractivity (Wildman–Crippen MR) is 90.1 cm³/mol. The lowest BCUT2D eigenvalue weighted by Gasteiger charge is -2.22. The number of halogens is 2. The Kier molecular flexibility index (Phi) is 4.31. The molecule has 0 saturated heterocycles. The van der Waals surface area contributed by atoms with Crippen LogP contribution in [0.3, 0.4) is 0 Å². The van der Waals surface area contributed by atoms with Crippen molar-refractivity contribution in [1.82, 2.24) is 0 Å². The second kappa shape index (κ2) is 6.20. The molecular formula is C16H13Br2NO2. The van der Waals surface area contributed by atoms with E-state index in [0.29, 0.717) is 18.7 Å². The molecular weight excluding hydrogens is 398 g/mol. The van der Waals surface area contributed by atoms with E-state index in [9.17, 15) is 4.79 Å². The Morgan fingerprint density at radius 2 is 1.81 bits per heavy atom. The zero-order chi connectivity index (χ0) is 14.8. The van der Waals surface area contributed by atoms with Crippen molar-refractivity contribution >= 4 is 43.5 Å². The zero-order valence-corrected chi connectivity index (χ0v) is 14.4. The number of rotatable bonds is 1. The van der Waals surface area contributed by atoms with E-state index in [1.54, 1.807) is 4.90 Å². The number of benzene rings is 2. The van der Waals surface area contributed by atoms with Gasteiger partial charge in [-0.25, -0.2) is 0 Å². The molecule has 2 aromatic carbocycles. The Bertz CT molecular complexity index is 667. The molecule has 1 aliphatic heterocycles. The first-order valence-electron chi connectivity index (χ1n) is 6.65. The van der Waals surface area contributed by atoms with E-state index in [1.165, 1.54) is 0 Å². The Morgan fingerprint density at radius 3 is 2.57 bits per heavy atom. The lowest BCUT2D eigenvalue weighted by Crippen LogP contribution is -2.31. The van der Waals surface area contributed by atoms with E-state index in [1.807, 2.05) is 42.5 Å². The lowest BCUT2D eigenvalue weighted by atomic mass is 10.1. The third-order valence-electron chi connectivity index (χ3n) is 3.29. The fourth-order valence-electron chi connectivity index (χ4n) is 2.37. The summed E-state index contributed by atoms with van der Waals surface area (Å²) in [6.45, 7) is 1.28. The van der Waals surface area contributed by atoms with Crippen LogP contribution in [0.2, 0.25) is 0 Å². The van der Waals surface area contributed by atoms with Crippen molar-refractivity contribution in [1.29, 1.82) is 0 Å². The minimum Gasteiger partial charge on any atom is -0.491 e. The number of hydrogen-bond donors (Lipinski definition) is 0. The van der Waals surface area contributed by atoms with Gasteiger partial charge in [0.05, 0.1) is 12.3 Å². The molecule has 0 bridgehead atoms. The second-order valence-electron chi connectivity index (χ2n) is 4.78. The second-order valence-corrected chi connectivity index (χ2v) is 6.62. The van der Waals surface area contributed by atoms with Gasteiger partial charge in [-0.1, -0.05) is 44.0 Å². The molecule has 0 aromatic heterocycles. The summed E-state index contributed by atoms with van der Waals surface area (Å²) >= 11 is 6.85. The highest BCUT2D eigenvalue weighted by molar-refractivity contribution is 9.11. The topological polar surface area (TPSA) is 29.5 Å². The molecule has 0 radical (unpaired) electrons. The molecule has 3 nitrogen and oxygen atoms in total. The maximum absolute atomic E-state index is 12.8. The van der Waals surface area contributed by atoms with Crippen LogP contribution in [0.1, 0.15) is 16.8 Å². The van der Waals surface area contributed by atoms with Gasteiger partial charge in [-0.3, -0.25) is 4.79 Å². The van der Waals surface area contributed by atoms with Crippen molar-refractivity contribution in [3.8, 4) is 5.75 Å². The highest BCUT2D eigenvalue weighted by Crippen LogP contribution is 2.32. The quantitative estimate of drug-likeness (QED) is 0.685. The van der Waals surface area contributed by atoms with Crippen LogP contribution < -0.4 is 9.64 Å². The summed E-state index contributed by atoms with van der Waals surface area (Å²) in [7, 11) is 0. The largest absolute Gasteiger partial charge is 0.491 e. The van der Waals surface area contributed by atoms with Crippen LogP contribution in [0.25, 0.3) is 0 Å². The molecule has 0 spiro atoms. The van der Waals surface area contributed by atoms with Crippen molar-refractivity contribution in [3.05, 3.63) is 57.0 Å². The van der Waals surface area contributed by atoms with E-state index in [0.717, 1.165) is 26.8 Å². The van der Waals surface area contributed by atoms with E-state index in [-0.39, 0.29) is 5.91 Å². The van der Waals surface area contributed by atoms with Gasteiger partial charge >= 0.3 is 0 Å². The molecule has 0 aliphatic carbocycles. The van der Waals surface area contributed by atoms with Crippen LogP contribution >= 0.6 is 31.9 Å². The van der Waals surface area contributed by atoms with Gasteiger partial charge in [0.2, 0.25) is 0 Å². The number of para-hydroxylation sites is 2. The first kappa shape index (κ1) is 14.6. The summed E-state index contributed by atoms with van der Waals surface area (Å²) in [6.07, 6.45) is 0.815. The highest BCUT2D eigenvalue weighted by atomic mass is 79.9. The molecule has 0 fully saturated rings. The van der Waals surface area contributed by atoms with Gasteiger partial charge in [0, 0.05) is 21.1 Å². The summed E-state index contributed by atoms with van der Waals surface area (Å²) in [4.78, 5) is 14.6. The highest BCUT2D eigenvalue weighted by Gasteiger charge is 2.23. The minimum absolute atomic E-state index is 0.0186. The fourth-order valence-corrected chi connectivity index (χ4v) is 3.67. The standard InChI is InChI=1S/C16H13Br2NO2/c17-12-8-11(9-13(18)10-12)16(20)19-6-3-7-21-15-5-2-1-4-14(15)19/h1-2,4-5,8-10H,3,6-7H2. The monoisotopic (exact) mass is 409 g/mol. The van der Waals surface area contributed by atoms with Crippen LogP contribution in [0, 0.1) is 0 Å². The Hall–Kier alpha value is -1.33. The lowest BCUT2D eigenvalue weighted by molar-refractivity contribution is 0.0987. The molecule has 2 aromatic rings. The summed E-state index contributed by atoms with van der Waals surface area (Å²) < 4.78 is 7.45. The van der Waals surface area contributed by atoms with E-state index in [4.69, 9.17) is 4.74 Å². The molecule has 1 heterocycles. The van der Waals surface area contributed by atoms with Crippen molar-refractivity contribution < 1.29 is 9.53 Å². The average molecular weight is 411 g/mol. The average Bonchev–Trinajstić information content (AvgIpc) is 2.68. The van der Waals surface area contributed by atoms with E-state index in [2.05, 4.69) is 31.9 Å². The van der Waals surface area contributed by atoms with Crippen LogP contribution in [0.15, 0.2) is 51.4 Å². The van der Waals surface area contributed by atoms with Gasteiger partial charge in [-0.15, -0.1) is 0 Å². The van der Waals surface area contributed by atoms with Gasteiger partial charge in [-0.2, -0.15) is 0 Å². The van der Waals surface area contributed by atoms with Gasteiger partial charge in [0.15, 0.2) is 0 Å². The predicted octanol–water partition coefficient (Wildman–Crippen LogP) is 4.64. The normalized spacial score (nSPS) is 14.1. The number of nitrogens with zero attached hydrogens (tertiary/aromatic N) is 1. The van der Waals surface area contributed by atoms with Gasteiger partial charge in [0.25, 0.3) is 5.91 Å². The number of anilines is 1. The molecule has 108 valence electrons. The summed E-state index contributed by atoms with van der Waals surface area (Å²) in [5.41, 5.74) is 1.48.